The maximum atomic E-state index is 11.8. The van der Waals surface area contributed by atoms with Gasteiger partial charge in [-0.05, 0) is 24.6 Å². The van der Waals surface area contributed by atoms with E-state index in [9.17, 15) is 4.79 Å². The second-order valence-corrected chi connectivity index (χ2v) is 5.37. The van der Waals surface area contributed by atoms with Crippen LogP contribution in [0.15, 0.2) is 18.2 Å². The van der Waals surface area contributed by atoms with Crippen molar-refractivity contribution in [2.24, 2.45) is 0 Å². The Bertz CT molecular complexity index is 538. The molecule has 0 aliphatic heterocycles. The largest absolute Gasteiger partial charge is 0.352 e. The normalized spacial score (nSPS) is 10.7. The van der Waals surface area contributed by atoms with E-state index < -0.39 is 0 Å². The molecular weight excluding hydrogens is 256 g/mol. The summed E-state index contributed by atoms with van der Waals surface area (Å²) >= 11 is 7.21. The highest BCUT2D eigenvalue weighted by atomic mass is 35.5. The molecule has 0 fully saturated rings. The number of rotatable bonds is 4. The van der Waals surface area contributed by atoms with E-state index in [0.29, 0.717) is 10.0 Å². The lowest BCUT2D eigenvalue weighted by Gasteiger charge is -2.03. The minimum absolute atomic E-state index is 0.0372. The zero-order valence-electron chi connectivity index (χ0n) is 9.50. The molecule has 0 saturated carbocycles. The minimum Gasteiger partial charge on any atom is -0.352 e. The number of benzene rings is 1. The summed E-state index contributed by atoms with van der Waals surface area (Å²) < 4.78 is 1.45. The van der Waals surface area contributed by atoms with Crippen LogP contribution in [0, 0.1) is 0 Å². The van der Waals surface area contributed by atoms with Gasteiger partial charge in [0.05, 0.1) is 10.2 Å². The first kappa shape index (κ1) is 12.3. The Kier molecular flexibility index (Phi) is 3.97. The Balaban J connectivity index is 2.15. The standard InChI is InChI=1S/C12H13ClN2OS/c1-2-3-6-14-11(16)8-4-5-9-10(7-8)17-12(13)15-9/h4-5,7H,2-3,6H2,1H3,(H,14,16). The summed E-state index contributed by atoms with van der Waals surface area (Å²) in [5, 5.41) is 2.88. The molecule has 90 valence electrons. The van der Waals surface area contributed by atoms with E-state index in [4.69, 9.17) is 11.6 Å². The van der Waals surface area contributed by atoms with Crippen LogP contribution >= 0.6 is 22.9 Å². The van der Waals surface area contributed by atoms with Crippen LogP contribution in [0.2, 0.25) is 4.47 Å². The van der Waals surface area contributed by atoms with Gasteiger partial charge in [-0.1, -0.05) is 24.9 Å². The molecule has 5 heteroatoms. The number of nitrogens with one attached hydrogen (secondary N) is 1. The molecule has 3 nitrogen and oxygen atoms in total. The van der Waals surface area contributed by atoms with Crippen molar-refractivity contribution in [2.45, 2.75) is 19.8 Å². The fourth-order valence-electron chi connectivity index (χ4n) is 1.52. The molecule has 17 heavy (non-hydrogen) atoms. The van der Waals surface area contributed by atoms with E-state index >= 15 is 0 Å². The number of fused-ring (bicyclic) bond motifs is 1. The second kappa shape index (κ2) is 5.47. The van der Waals surface area contributed by atoms with Gasteiger partial charge in [-0.25, -0.2) is 4.98 Å². The first-order chi connectivity index (χ1) is 8.20. The molecule has 2 rings (SSSR count). The maximum Gasteiger partial charge on any atom is 0.251 e. The number of carbonyl (C=O) groups excluding carboxylic acids is 1. The van der Waals surface area contributed by atoms with Crippen molar-refractivity contribution in [1.29, 1.82) is 0 Å². The number of hydrogen-bond acceptors (Lipinski definition) is 3. The number of nitrogens with zero attached hydrogens (tertiary/aromatic N) is 1. The van der Waals surface area contributed by atoms with Gasteiger partial charge in [-0.2, -0.15) is 0 Å². The van der Waals surface area contributed by atoms with Crippen molar-refractivity contribution in [3.8, 4) is 0 Å². The maximum absolute atomic E-state index is 11.8. The van der Waals surface area contributed by atoms with Gasteiger partial charge in [0, 0.05) is 12.1 Å². The Morgan fingerprint density at radius 2 is 2.35 bits per heavy atom. The van der Waals surface area contributed by atoms with E-state index in [2.05, 4.69) is 17.2 Å². The van der Waals surface area contributed by atoms with Crippen molar-refractivity contribution in [3.63, 3.8) is 0 Å². The van der Waals surface area contributed by atoms with Crippen LogP contribution in [0.5, 0.6) is 0 Å². The third-order valence-corrected chi connectivity index (χ3v) is 3.56. The van der Waals surface area contributed by atoms with E-state index in [1.165, 1.54) is 11.3 Å². The average Bonchev–Trinajstić information content (AvgIpc) is 2.68. The van der Waals surface area contributed by atoms with Gasteiger partial charge in [0.2, 0.25) is 0 Å². The summed E-state index contributed by atoms with van der Waals surface area (Å²) in [7, 11) is 0. The van der Waals surface area contributed by atoms with E-state index in [0.717, 1.165) is 29.6 Å². The predicted octanol–water partition coefficient (Wildman–Crippen LogP) is 3.48. The van der Waals surface area contributed by atoms with Gasteiger partial charge in [0.15, 0.2) is 4.47 Å². The Labute approximate surface area is 109 Å². The lowest BCUT2D eigenvalue weighted by molar-refractivity contribution is 0.0953. The van der Waals surface area contributed by atoms with Crippen LogP contribution < -0.4 is 5.32 Å². The first-order valence-corrected chi connectivity index (χ1v) is 6.74. The van der Waals surface area contributed by atoms with Crippen molar-refractivity contribution in [1.82, 2.24) is 10.3 Å². The molecule has 1 N–H and O–H groups in total. The lowest BCUT2D eigenvalue weighted by atomic mass is 10.2. The zero-order valence-corrected chi connectivity index (χ0v) is 11.1. The number of aromatic nitrogens is 1. The van der Waals surface area contributed by atoms with Gasteiger partial charge >= 0.3 is 0 Å². The van der Waals surface area contributed by atoms with Crippen molar-refractivity contribution in [2.75, 3.05) is 6.54 Å². The molecule has 1 aromatic heterocycles. The van der Waals surface area contributed by atoms with Gasteiger partial charge in [-0.15, -0.1) is 11.3 Å². The number of hydrogen-bond donors (Lipinski definition) is 1. The Hall–Kier alpha value is -1.13. The molecule has 2 aromatic rings. The van der Waals surface area contributed by atoms with Crippen molar-refractivity contribution < 1.29 is 4.79 Å². The van der Waals surface area contributed by atoms with Crippen molar-refractivity contribution >= 4 is 39.1 Å². The van der Waals surface area contributed by atoms with Crippen LogP contribution in [0.3, 0.4) is 0 Å². The number of thiazole rings is 1. The smallest absolute Gasteiger partial charge is 0.251 e. The lowest BCUT2D eigenvalue weighted by Crippen LogP contribution is -2.24. The molecule has 1 heterocycles. The summed E-state index contributed by atoms with van der Waals surface area (Å²) in [5.74, 6) is -0.0372. The van der Waals surface area contributed by atoms with Crippen LogP contribution in [-0.4, -0.2) is 17.4 Å². The highest BCUT2D eigenvalue weighted by Gasteiger charge is 2.08. The topological polar surface area (TPSA) is 42.0 Å². The van der Waals surface area contributed by atoms with Crippen molar-refractivity contribution in [3.05, 3.63) is 28.2 Å². The summed E-state index contributed by atoms with van der Waals surface area (Å²) in [5.41, 5.74) is 1.50. The number of halogens is 1. The van der Waals surface area contributed by atoms with E-state index in [1.807, 2.05) is 12.1 Å². The molecule has 1 aromatic carbocycles. The van der Waals surface area contributed by atoms with E-state index in [1.54, 1.807) is 6.07 Å². The first-order valence-electron chi connectivity index (χ1n) is 5.55. The summed E-state index contributed by atoms with van der Waals surface area (Å²) in [4.78, 5) is 16.0. The molecule has 0 bridgehead atoms. The fourth-order valence-corrected chi connectivity index (χ4v) is 2.59. The monoisotopic (exact) mass is 268 g/mol. The summed E-state index contributed by atoms with van der Waals surface area (Å²) in [6, 6.07) is 5.44. The number of amides is 1. The predicted molar refractivity (Wildman–Crippen MR) is 71.9 cm³/mol. The zero-order chi connectivity index (χ0) is 12.3. The van der Waals surface area contributed by atoms with Gasteiger partial charge in [-0.3, -0.25) is 4.79 Å². The summed E-state index contributed by atoms with van der Waals surface area (Å²) in [6.07, 6.45) is 2.07. The van der Waals surface area contributed by atoms with Crippen LogP contribution in [-0.2, 0) is 0 Å². The Morgan fingerprint density at radius 3 is 3.12 bits per heavy atom. The molecule has 0 saturated heterocycles. The molecule has 0 aliphatic rings. The quantitative estimate of drug-likeness (QED) is 0.863. The number of carbonyl (C=O) groups is 1. The van der Waals surface area contributed by atoms with Crippen LogP contribution in [0.25, 0.3) is 10.2 Å². The SMILES string of the molecule is CCCCNC(=O)c1ccc2nc(Cl)sc2c1. The average molecular weight is 269 g/mol. The molecule has 0 radical (unpaired) electrons. The van der Waals surface area contributed by atoms with Crippen LogP contribution in [0.1, 0.15) is 30.1 Å². The fraction of sp³-hybridized carbons (Fsp3) is 0.333. The number of unbranched alkanes of at least 4 members (excludes halogenated alkanes) is 1. The van der Waals surface area contributed by atoms with Gasteiger partial charge < -0.3 is 5.32 Å². The van der Waals surface area contributed by atoms with Gasteiger partial charge in [0.1, 0.15) is 0 Å². The Morgan fingerprint density at radius 1 is 1.53 bits per heavy atom. The third-order valence-electron chi connectivity index (χ3n) is 2.44. The molecule has 1 amide bonds. The van der Waals surface area contributed by atoms with E-state index in [-0.39, 0.29) is 5.91 Å². The minimum atomic E-state index is -0.0372. The second-order valence-electron chi connectivity index (χ2n) is 3.76. The highest BCUT2D eigenvalue weighted by molar-refractivity contribution is 7.22. The molecule has 0 spiro atoms. The third kappa shape index (κ3) is 2.96. The molecular formula is C12H13ClN2OS. The molecule has 0 aliphatic carbocycles. The highest BCUT2D eigenvalue weighted by Crippen LogP contribution is 2.26. The van der Waals surface area contributed by atoms with Gasteiger partial charge in [0.25, 0.3) is 5.91 Å². The molecule has 0 unspecified atom stereocenters. The van der Waals surface area contributed by atoms with Crippen LogP contribution in [0.4, 0.5) is 0 Å². The molecule has 0 atom stereocenters. The summed E-state index contributed by atoms with van der Waals surface area (Å²) in [6.45, 7) is 2.81.